The fourth-order valence-electron chi connectivity index (χ4n) is 2.74. The van der Waals surface area contributed by atoms with Crippen LogP contribution in [0.4, 0.5) is 5.69 Å². The van der Waals surface area contributed by atoms with Crippen molar-refractivity contribution in [1.82, 2.24) is 0 Å². The first-order valence-corrected chi connectivity index (χ1v) is 7.32. The van der Waals surface area contributed by atoms with E-state index >= 15 is 0 Å². The Morgan fingerprint density at radius 1 is 0.944 bits per heavy atom. The van der Waals surface area contributed by atoms with Gasteiger partial charge >= 0.3 is 0 Å². The van der Waals surface area contributed by atoms with Crippen molar-refractivity contribution in [3.8, 4) is 0 Å². The summed E-state index contributed by atoms with van der Waals surface area (Å²) >= 11 is 0. The van der Waals surface area contributed by atoms with E-state index in [1.807, 2.05) is 12.1 Å². The van der Waals surface area contributed by atoms with Gasteiger partial charge in [0.25, 0.3) is 0 Å². The lowest BCUT2D eigenvalue weighted by molar-refractivity contribution is 0.282. The lowest BCUT2D eigenvalue weighted by Gasteiger charge is -2.20. The van der Waals surface area contributed by atoms with E-state index in [2.05, 4.69) is 17.4 Å². The average Bonchev–Trinajstić information content (AvgIpc) is 2.38. The minimum atomic E-state index is 0.128. The van der Waals surface area contributed by atoms with E-state index in [-0.39, 0.29) is 6.61 Å². The molecular formula is C16H25NO. The van der Waals surface area contributed by atoms with Gasteiger partial charge in [0.1, 0.15) is 0 Å². The molecule has 0 heterocycles. The maximum absolute atomic E-state index is 9.00. The van der Waals surface area contributed by atoms with E-state index in [0.717, 1.165) is 18.0 Å². The molecule has 0 saturated heterocycles. The smallest absolute Gasteiger partial charge is 0.0681 e. The summed E-state index contributed by atoms with van der Waals surface area (Å²) in [5.74, 6) is 0.836. The lowest BCUT2D eigenvalue weighted by Crippen LogP contribution is -2.15. The number of hydrogen-bond donors (Lipinski definition) is 2. The number of anilines is 1. The number of aliphatic hydroxyl groups is 1. The number of nitrogens with one attached hydrogen (secondary N) is 1. The van der Waals surface area contributed by atoms with Crippen molar-refractivity contribution in [3.05, 3.63) is 29.8 Å². The molecule has 1 aromatic rings. The second kappa shape index (κ2) is 7.42. The Morgan fingerprint density at radius 3 is 2.17 bits per heavy atom. The molecule has 2 rings (SSSR count). The number of rotatable bonds is 4. The highest BCUT2D eigenvalue weighted by molar-refractivity contribution is 5.44. The monoisotopic (exact) mass is 247 g/mol. The lowest BCUT2D eigenvalue weighted by atomic mass is 9.91. The summed E-state index contributed by atoms with van der Waals surface area (Å²) in [5.41, 5.74) is 2.15. The molecule has 1 fully saturated rings. The maximum Gasteiger partial charge on any atom is 0.0681 e. The van der Waals surface area contributed by atoms with Crippen LogP contribution in [0.25, 0.3) is 0 Å². The summed E-state index contributed by atoms with van der Waals surface area (Å²) in [6, 6.07) is 8.10. The second-order valence-corrected chi connectivity index (χ2v) is 5.45. The molecule has 0 aromatic heterocycles. The normalized spacial score (nSPS) is 18.1. The molecule has 2 nitrogen and oxygen atoms in total. The Bertz CT molecular complexity index is 325. The van der Waals surface area contributed by atoms with Crippen molar-refractivity contribution in [2.45, 2.75) is 51.6 Å². The fraction of sp³-hybridized carbons (Fsp3) is 0.625. The molecule has 2 heteroatoms. The predicted octanol–water partition coefficient (Wildman–Crippen LogP) is 3.95. The number of benzene rings is 1. The van der Waals surface area contributed by atoms with E-state index in [1.165, 1.54) is 50.6 Å². The van der Waals surface area contributed by atoms with Crippen LogP contribution in [-0.4, -0.2) is 11.7 Å². The van der Waals surface area contributed by atoms with Gasteiger partial charge in [-0.2, -0.15) is 0 Å². The molecule has 0 radical (unpaired) electrons. The van der Waals surface area contributed by atoms with Gasteiger partial charge in [-0.1, -0.05) is 44.2 Å². The second-order valence-electron chi connectivity index (χ2n) is 5.45. The van der Waals surface area contributed by atoms with Crippen LogP contribution in [0.1, 0.15) is 50.5 Å². The van der Waals surface area contributed by atoms with Crippen molar-refractivity contribution in [3.63, 3.8) is 0 Å². The third kappa shape index (κ3) is 4.34. The standard InChI is InChI=1S/C16H25NO/c18-13-15-8-10-16(11-9-15)17-12-14-6-4-2-1-3-5-7-14/h8-11,14,17-18H,1-7,12-13H2. The van der Waals surface area contributed by atoms with E-state index in [1.54, 1.807) is 0 Å². The zero-order valence-corrected chi connectivity index (χ0v) is 11.2. The van der Waals surface area contributed by atoms with Gasteiger partial charge in [0.15, 0.2) is 0 Å². The number of aliphatic hydroxyl groups excluding tert-OH is 1. The van der Waals surface area contributed by atoms with Crippen LogP contribution < -0.4 is 5.32 Å². The van der Waals surface area contributed by atoms with E-state index < -0.39 is 0 Å². The molecule has 0 amide bonds. The van der Waals surface area contributed by atoms with Crippen LogP contribution in [-0.2, 0) is 6.61 Å². The largest absolute Gasteiger partial charge is 0.392 e. The summed E-state index contributed by atoms with van der Waals surface area (Å²) in [4.78, 5) is 0. The summed E-state index contributed by atoms with van der Waals surface area (Å²) in [6.07, 6.45) is 9.82. The fourth-order valence-corrected chi connectivity index (χ4v) is 2.74. The van der Waals surface area contributed by atoms with Gasteiger partial charge in [-0.15, -0.1) is 0 Å². The molecular weight excluding hydrogens is 222 g/mol. The van der Waals surface area contributed by atoms with Crippen molar-refractivity contribution < 1.29 is 5.11 Å². The van der Waals surface area contributed by atoms with Crippen molar-refractivity contribution in [1.29, 1.82) is 0 Å². The van der Waals surface area contributed by atoms with Crippen LogP contribution in [0.2, 0.25) is 0 Å². The first kappa shape index (κ1) is 13.4. The SMILES string of the molecule is OCc1ccc(NCC2CCCCCCC2)cc1. The predicted molar refractivity (Wildman–Crippen MR) is 76.7 cm³/mol. The summed E-state index contributed by atoms with van der Waals surface area (Å²) in [6.45, 7) is 1.22. The average molecular weight is 247 g/mol. The van der Waals surface area contributed by atoms with Gasteiger partial charge < -0.3 is 10.4 Å². The molecule has 0 unspecified atom stereocenters. The van der Waals surface area contributed by atoms with Crippen LogP contribution in [0.15, 0.2) is 24.3 Å². The van der Waals surface area contributed by atoms with Gasteiger partial charge in [-0.05, 0) is 36.5 Å². The van der Waals surface area contributed by atoms with E-state index in [4.69, 9.17) is 5.11 Å². The Labute approximate surface area is 110 Å². The molecule has 18 heavy (non-hydrogen) atoms. The van der Waals surface area contributed by atoms with Gasteiger partial charge in [0.2, 0.25) is 0 Å². The van der Waals surface area contributed by atoms with E-state index in [9.17, 15) is 0 Å². The Balaban J connectivity index is 1.78. The molecule has 1 saturated carbocycles. The topological polar surface area (TPSA) is 32.3 Å². The van der Waals surface area contributed by atoms with Gasteiger partial charge in [-0.3, -0.25) is 0 Å². The van der Waals surface area contributed by atoms with Crippen LogP contribution in [0, 0.1) is 5.92 Å². The molecule has 100 valence electrons. The molecule has 1 aliphatic rings. The molecule has 0 atom stereocenters. The molecule has 0 bridgehead atoms. The van der Waals surface area contributed by atoms with Gasteiger partial charge in [-0.25, -0.2) is 0 Å². The van der Waals surface area contributed by atoms with Crippen molar-refractivity contribution in [2.75, 3.05) is 11.9 Å². The summed E-state index contributed by atoms with van der Waals surface area (Å²) in [5, 5.41) is 12.5. The Kier molecular flexibility index (Phi) is 5.53. The summed E-state index contributed by atoms with van der Waals surface area (Å²) < 4.78 is 0. The summed E-state index contributed by atoms with van der Waals surface area (Å²) in [7, 11) is 0. The Morgan fingerprint density at radius 2 is 1.56 bits per heavy atom. The highest BCUT2D eigenvalue weighted by Gasteiger charge is 2.10. The third-order valence-corrected chi connectivity index (χ3v) is 3.96. The minimum Gasteiger partial charge on any atom is -0.392 e. The molecule has 1 aliphatic carbocycles. The highest BCUT2D eigenvalue weighted by atomic mass is 16.3. The number of hydrogen-bond acceptors (Lipinski definition) is 2. The first-order chi connectivity index (χ1) is 8.88. The quantitative estimate of drug-likeness (QED) is 0.844. The highest BCUT2D eigenvalue weighted by Crippen LogP contribution is 2.22. The first-order valence-electron chi connectivity index (χ1n) is 7.32. The van der Waals surface area contributed by atoms with Gasteiger partial charge in [0, 0.05) is 12.2 Å². The van der Waals surface area contributed by atoms with Crippen molar-refractivity contribution >= 4 is 5.69 Å². The van der Waals surface area contributed by atoms with Crippen LogP contribution in [0.3, 0.4) is 0 Å². The minimum absolute atomic E-state index is 0.128. The third-order valence-electron chi connectivity index (χ3n) is 3.96. The Hall–Kier alpha value is -1.02. The van der Waals surface area contributed by atoms with Crippen LogP contribution >= 0.6 is 0 Å². The van der Waals surface area contributed by atoms with Crippen molar-refractivity contribution in [2.24, 2.45) is 5.92 Å². The zero-order chi connectivity index (χ0) is 12.6. The molecule has 0 aliphatic heterocycles. The van der Waals surface area contributed by atoms with E-state index in [0.29, 0.717) is 0 Å². The molecule has 2 N–H and O–H groups in total. The molecule has 1 aromatic carbocycles. The maximum atomic E-state index is 9.00. The van der Waals surface area contributed by atoms with Crippen LogP contribution in [0.5, 0.6) is 0 Å². The van der Waals surface area contributed by atoms with Gasteiger partial charge in [0.05, 0.1) is 6.61 Å². The molecule has 0 spiro atoms. The zero-order valence-electron chi connectivity index (χ0n) is 11.2.